The first kappa shape index (κ1) is 15.8. The zero-order chi connectivity index (χ0) is 16.3. The summed E-state index contributed by atoms with van der Waals surface area (Å²) < 4.78 is 12.8. The molecule has 0 aliphatic rings. The highest BCUT2D eigenvalue weighted by Crippen LogP contribution is 2.13. The molecule has 0 aliphatic heterocycles. The zero-order valence-corrected chi connectivity index (χ0v) is 12.7. The molecule has 0 aliphatic carbocycles. The molecule has 2 aromatic rings. The molecule has 1 heterocycles. The third-order valence-corrected chi connectivity index (χ3v) is 2.87. The Hall–Kier alpha value is -2.63. The highest BCUT2D eigenvalue weighted by atomic mass is 19.1. The van der Waals surface area contributed by atoms with Crippen molar-refractivity contribution in [3.05, 3.63) is 60.2 Å². The van der Waals surface area contributed by atoms with Crippen LogP contribution < -0.4 is 0 Å². The summed E-state index contributed by atoms with van der Waals surface area (Å²) in [5.74, 6) is -0.268. The Balaban J connectivity index is 2.09. The Morgan fingerprint density at radius 2 is 1.86 bits per heavy atom. The van der Waals surface area contributed by atoms with Gasteiger partial charge < -0.3 is 0 Å². The molecule has 22 heavy (non-hydrogen) atoms. The van der Waals surface area contributed by atoms with E-state index in [0.29, 0.717) is 17.0 Å². The summed E-state index contributed by atoms with van der Waals surface area (Å²) in [5.41, 5.74) is 0.599. The topological polar surface area (TPSA) is 60.7 Å². The van der Waals surface area contributed by atoms with Gasteiger partial charge in [-0.25, -0.2) is 4.39 Å². The van der Waals surface area contributed by atoms with E-state index in [2.05, 4.69) is 22.0 Å². The van der Waals surface area contributed by atoms with E-state index in [1.165, 1.54) is 41.2 Å². The number of nitrogens with zero attached hydrogens (tertiary/aromatic N) is 4. The Morgan fingerprint density at radius 1 is 1.23 bits per heavy atom. The molecule has 0 atom stereocenters. The van der Waals surface area contributed by atoms with Gasteiger partial charge in [-0.2, -0.15) is 4.80 Å². The number of allylic oxidation sites excluding steroid dienone is 3. The van der Waals surface area contributed by atoms with Gasteiger partial charge in [0.2, 0.25) is 5.82 Å². The monoisotopic (exact) mass is 300 g/mol. The van der Waals surface area contributed by atoms with E-state index in [4.69, 9.17) is 0 Å². The van der Waals surface area contributed by atoms with Gasteiger partial charge in [-0.15, -0.1) is 10.2 Å². The predicted octanol–water partition coefficient (Wildman–Crippen LogP) is 3.02. The maximum Gasteiger partial charge on any atom is 0.204 e. The molecule has 0 saturated heterocycles. The Kier molecular flexibility index (Phi) is 4.30. The van der Waals surface area contributed by atoms with Gasteiger partial charge in [0.15, 0.2) is 5.78 Å². The van der Waals surface area contributed by atoms with Crippen molar-refractivity contribution in [2.24, 2.45) is 0 Å². The van der Waals surface area contributed by atoms with Crippen LogP contribution in [0.5, 0.6) is 0 Å². The zero-order valence-electron chi connectivity index (χ0n) is 12.7. The van der Waals surface area contributed by atoms with Crippen molar-refractivity contribution < 1.29 is 9.18 Å². The fourth-order valence-electron chi connectivity index (χ4n) is 1.59. The lowest BCUT2D eigenvalue weighted by Gasteiger charge is -2.15. The molecule has 0 unspecified atom stereocenters. The third kappa shape index (κ3) is 3.72. The van der Waals surface area contributed by atoms with Gasteiger partial charge in [-0.3, -0.25) is 4.79 Å². The maximum absolute atomic E-state index is 12.8. The van der Waals surface area contributed by atoms with Crippen LogP contribution in [0.2, 0.25) is 0 Å². The van der Waals surface area contributed by atoms with Crippen molar-refractivity contribution in [3.8, 4) is 0 Å². The van der Waals surface area contributed by atoms with Crippen LogP contribution in [0.3, 0.4) is 0 Å². The molecule has 1 aromatic carbocycles. The highest BCUT2D eigenvalue weighted by molar-refractivity contribution is 6.05. The standard InChI is InChI=1S/C16H17FN4O/c1-11(15-18-20-21(19-15)16(2,3)4)5-10-14(22)12-6-8-13(17)9-7-12/h5-10H,1H2,2-4H3. The van der Waals surface area contributed by atoms with Crippen LogP contribution in [0.25, 0.3) is 5.57 Å². The number of aromatic nitrogens is 4. The number of ketones is 1. The SMILES string of the molecule is C=C(C=CC(=O)c1ccc(F)cc1)c1nnn(C(C)(C)C)n1. The van der Waals surface area contributed by atoms with E-state index in [0.717, 1.165) is 0 Å². The van der Waals surface area contributed by atoms with E-state index in [9.17, 15) is 9.18 Å². The predicted molar refractivity (Wildman–Crippen MR) is 81.7 cm³/mol. The fraction of sp³-hybridized carbons (Fsp3) is 0.250. The molecule has 6 heteroatoms. The van der Waals surface area contributed by atoms with Gasteiger partial charge in [0.05, 0.1) is 5.54 Å². The summed E-state index contributed by atoms with van der Waals surface area (Å²) in [6.45, 7) is 9.68. The molecule has 0 N–H and O–H groups in total. The summed E-state index contributed by atoms with van der Waals surface area (Å²) >= 11 is 0. The quantitative estimate of drug-likeness (QED) is 0.495. The molecular formula is C16H17FN4O. The normalized spacial score (nSPS) is 11.8. The van der Waals surface area contributed by atoms with Crippen LogP contribution in [0.1, 0.15) is 37.0 Å². The lowest BCUT2D eigenvalue weighted by Crippen LogP contribution is -2.24. The molecule has 0 bridgehead atoms. The smallest absolute Gasteiger partial charge is 0.204 e. The van der Waals surface area contributed by atoms with Crippen LogP contribution in [0, 0.1) is 5.82 Å². The maximum atomic E-state index is 12.8. The van der Waals surface area contributed by atoms with E-state index in [1.54, 1.807) is 0 Å². The van der Waals surface area contributed by atoms with Gasteiger partial charge >= 0.3 is 0 Å². The number of carbonyl (C=O) groups is 1. The van der Waals surface area contributed by atoms with Crippen molar-refractivity contribution in [1.82, 2.24) is 20.2 Å². The van der Waals surface area contributed by atoms with Gasteiger partial charge in [0, 0.05) is 11.1 Å². The fourth-order valence-corrected chi connectivity index (χ4v) is 1.59. The van der Waals surface area contributed by atoms with Crippen LogP contribution >= 0.6 is 0 Å². The first-order valence-electron chi connectivity index (χ1n) is 6.75. The molecule has 0 spiro atoms. The third-order valence-electron chi connectivity index (χ3n) is 2.87. The minimum Gasteiger partial charge on any atom is -0.289 e. The lowest BCUT2D eigenvalue weighted by atomic mass is 10.1. The molecule has 0 radical (unpaired) electrons. The van der Waals surface area contributed by atoms with E-state index in [-0.39, 0.29) is 17.1 Å². The summed E-state index contributed by atoms with van der Waals surface area (Å²) in [4.78, 5) is 13.4. The second-order valence-electron chi connectivity index (χ2n) is 5.80. The van der Waals surface area contributed by atoms with Crippen molar-refractivity contribution in [1.29, 1.82) is 0 Å². The second kappa shape index (κ2) is 6.01. The van der Waals surface area contributed by atoms with Crippen LogP contribution in [0.15, 0.2) is 43.0 Å². The summed E-state index contributed by atoms with van der Waals surface area (Å²) in [6, 6.07) is 5.34. The average molecular weight is 300 g/mol. The summed E-state index contributed by atoms with van der Waals surface area (Å²) in [7, 11) is 0. The number of benzene rings is 1. The first-order valence-corrected chi connectivity index (χ1v) is 6.75. The number of rotatable bonds is 4. The Labute approximate surface area is 128 Å². The minimum absolute atomic E-state index is 0.246. The van der Waals surface area contributed by atoms with Crippen molar-refractivity contribution in [2.75, 3.05) is 0 Å². The van der Waals surface area contributed by atoms with Crippen LogP contribution in [-0.4, -0.2) is 26.0 Å². The molecule has 2 rings (SSSR count). The first-order chi connectivity index (χ1) is 10.3. The number of halogens is 1. The van der Waals surface area contributed by atoms with Gasteiger partial charge in [-0.1, -0.05) is 6.58 Å². The van der Waals surface area contributed by atoms with E-state index >= 15 is 0 Å². The Bertz CT molecular complexity index is 723. The molecule has 1 aromatic heterocycles. The largest absolute Gasteiger partial charge is 0.289 e. The highest BCUT2D eigenvalue weighted by Gasteiger charge is 2.17. The number of carbonyl (C=O) groups excluding carboxylic acids is 1. The van der Waals surface area contributed by atoms with Gasteiger partial charge in [0.25, 0.3) is 0 Å². The molecule has 114 valence electrons. The number of hydrogen-bond acceptors (Lipinski definition) is 4. The van der Waals surface area contributed by atoms with Crippen molar-refractivity contribution in [2.45, 2.75) is 26.3 Å². The molecule has 0 saturated carbocycles. The molecule has 0 amide bonds. The van der Waals surface area contributed by atoms with E-state index in [1.807, 2.05) is 20.8 Å². The number of hydrogen-bond donors (Lipinski definition) is 0. The minimum atomic E-state index is -0.382. The second-order valence-corrected chi connectivity index (χ2v) is 5.80. The molecule has 0 fully saturated rings. The Morgan fingerprint density at radius 3 is 2.41 bits per heavy atom. The summed E-state index contributed by atoms with van der Waals surface area (Å²) in [5, 5.41) is 12.1. The van der Waals surface area contributed by atoms with Crippen LogP contribution in [-0.2, 0) is 5.54 Å². The molecular weight excluding hydrogens is 283 g/mol. The molecule has 5 nitrogen and oxygen atoms in total. The number of tetrazole rings is 1. The van der Waals surface area contributed by atoms with Gasteiger partial charge in [-0.05, 0) is 62.4 Å². The van der Waals surface area contributed by atoms with E-state index < -0.39 is 0 Å². The summed E-state index contributed by atoms with van der Waals surface area (Å²) in [6.07, 6.45) is 2.88. The average Bonchev–Trinajstić information content (AvgIpc) is 2.95. The van der Waals surface area contributed by atoms with Gasteiger partial charge in [0.1, 0.15) is 5.82 Å². The van der Waals surface area contributed by atoms with Crippen LogP contribution in [0.4, 0.5) is 4.39 Å². The van der Waals surface area contributed by atoms with Crippen molar-refractivity contribution >= 4 is 11.4 Å². The van der Waals surface area contributed by atoms with Crippen molar-refractivity contribution in [3.63, 3.8) is 0 Å². The lowest BCUT2D eigenvalue weighted by molar-refractivity contribution is 0.104.